The van der Waals surface area contributed by atoms with Gasteiger partial charge in [-0.2, -0.15) is 0 Å². The van der Waals surface area contributed by atoms with E-state index >= 15 is 0 Å². The first-order valence-electron chi connectivity index (χ1n) is 4.01. The lowest BCUT2D eigenvalue weighted by atomic mass is 10.2. The zero-order chi connectivity index (χ0) is 9.56. The minimum absolute atomic E-state index is 0.138. The SMILES string of the molecule is CCCCC(=O)N(C)CC(=O)[O-]. The third kappa shape index (κ3) is 4.71. The smallest absolute Gasteiger partial charge is 0.222 e. The van der Waals surface area contributed by atoms with Crippen molar-refractivity contribution in [2.75, 3.05) is 13.6 Å². The Balaban J connectivity index is 3.69. The number of carbonyl (C=O) groups is 2. The molecule has 0 rings (SSSR count). The molecule has 0 aromatic carbocycles. The topological polar surface area (TPSA) is 60.4 Å². The van der Waals surface area contributed by atoms with Gasteiger partial charge in [-0.05, 0) is 6.42 Å². The fourth-order valence-corrected chi connectivity index (χ4v) is 0.801. The van der Waals surface area contributed by atoms with Gasteiger partial charge in [0.15, 0.2) is 0 Å². The van der Waals surface area contributed by atoms with Crippen LogP contribution in [-0.4, -0.2) is 30.4 Å². The highest BCUT2D eigenvalue weighted by atomic mass is 16.4. The Hall–Kier alpha value is -1.06. The maximum absolute atomic E-state index is 11.1. The molecule has 0 aromatic heterocycles. The van der Waals surface area contributed by atoms with Crippen molar-refractivity contribution in [2.45, 2.75) is 26.2 Å². The van der Waals surface area contributed by atoms with Crippen LogP contribution in [0.2, 0.25) is 0 Å². The number of aliphatic carboxylic acids is 1. The van der Waals surface area contributed by atoms with E-state index in [0.717, 1.165) is 12.8 Å². The molecule has 0 saturated carbocycles. The maximum Gasteiger partial charge on any atom is 0.222 e. The van der Waals surface area contributed by atoms with Crippen molar-refractivity contribution in [1.29, 1.82) is 0 Å². The zero-order valence-electron chi connectivity index (χ0n) is 7.50. The van der Waals surface area contributed by atoms with E-state index in [4.69, 9.17) is 0 Å². The van der Waals surface area contributed by atoms with Crippen LogP contribution in [0.1, 0.15) is 26.2 Å². The Bertz CT molecular complexity index is 168. The average molecular weight is 172 g/mol. The number of nitrogens with zero attached hydrogens (tertiary/aromatic N) is 1. The fourth-order valence-electron chi connectivity index (χ4n) is 0.801. The predicted molar refractivity (Wildman–Crippen MR) is 42.2 cm³/mol. The summed E-state index contributed by atoms with van der Waals surface area (Å²) in [5, 5.41) is 10.1. The summed E-state index contributed by atoms with van der Waals surface area (Å²) >= 11 is 0. The van der Waals surface area contributed by atoms with E-state index < -0.39 is 5.97 Å². The van der Waals surface area contributed by atoms with Crippen molar-refractivity contribution in [3.63, 3.8) is 0 Å². The van der Waals surface area contributed by atoms with Gasteiger partial charge in [0.05, 0.1) is 12.5 Å². The highest BCUT2D eigenvalue weighted by Crippen LogP contribution is 1.97. The lowest BCUT2D eigenvalue weighted by Gasteiger charge is -2.17. The van der Waals surface area contributed by atoms with Gasteiger partial charge < -0.3 is 14.8 Å². The largest absolute Gasteiger partial charge is 0.548 e. The molecule has 4 nitrogen and oxygen atoms in total. The second-order valence-electron chi connectivity index (χ2n) is 2.73. The summed E-state index contributed by atoms with van der Waals surface area (Å²) in [6.45, 7) is 1.66. The Morgan fingerprint density at radius 2 is 2.00 bits per heavy atom. The Kier molecular flexibility index (Phi) is 5.08. The molecular formula is C8H14NO3-. The van der Waals surface area contributed by atoms with Gasteiger partial charge in [-0.25, -0.2) is 0 Å². The Morgan fingerprint density at radius 1 is 1.42 bits per heavy atom. The van der Waals surface area contributed by atoms with Crippen molar-refractivity contribution in [1.82, 2.24) is 4.90 Å². The van der Waals surface area contributed by atoms with E-state index in [1.165, 1.54) is 11.9 Å². The molecule has 0 aliphatic carbocycles. The second-order valence-corrected chi connectivity index (χ2v) is 2.73. The molecule has 12 heavy (non-hydrogen) atoms. The molecule has 70 valence electrons. The van der Waals surface area contributed by atoms with Crippen LogP contribution in [0.3, 0.4) is 0 Å². The summed E-state index contributed by atoms with van der Waals surface area (Å²) in [5.41, 5.74) is 0. The highest BCUT2D eigenvalue weighted by molar-refractivity contribution is 5.80. The highest BCUT2D eigenvalue weighted by Gasteiger charge is 2.06. The van der Waals surface area contributed by atoms with Gasteiger partial charge in [-0.3, -0.25) is 4.79 Å². The third-order valence-corrected chi connectivity index (χ3v) is 1.54. The van der Waals surface area contributed by atoms with Crippen LogP contribution in [0, 0.1) is 0 Å². The second kappa shape index (κ2) is 5.57. The van der Waals surface area contributed by atoms with Crippen LogP contribution < -0.4 is 5.11 Å². The number of hydrogen-bond acceptors (Lipinski definition) is 3. The van der Waals surface area contributed by atoms with Crippen LogP contribution in [0.25, 0.3) is 0 Å². The van der Waals surface area contributed by atoms with Gasteiger partial charge in [-0.1, -0.05) is 13.3 Å². The predicted octanol–water partition coefficient (Wildman–Crippen LogP) is -0.615. The summed E-state index contributed by atoms with van der Waals surface area (Å²) in [6, 6.07) is 0. The van der Waals surface area contributed by atoms with E-state index in [1.54, 1.807) is 0 Å². The van der Waals surface area contributed by atoms with Crippen LogP contribution in [-0.2, 0) is 9.59 Å². The minimum atomic E-state index is -1.22. The number of likely N-dealkylation sites (N-methyl/N-ethyl adjacent to an activating group) is 1. The molecule has 0 fully saturated rings. The van der Waals surface area contributed by atoms with E-state index in [2.05, 4.69) is 0 Å². The van der Waals surface area contributed by atoms with Gasteiger partial charge in [-0.15, -0.1) is 0 Å². The summed E-state index contributed by atoms with van der Waals surface area (Å²) in [6.07, 6.45) is 2.15. The van der Waals surface area contributed by atoms with Crippen LogP contribution in [0.4, 0.5) is 0 Å². The Morgan fingerprint density at radius 3 is 2.42 bits per heavy atom. The number of unbranched alkanes of at least 4 members (excludes halogenated alkanes) is 1. The molecule has 1 amide bonds. The molecule has 0 aliphatic heterocycles. The first kappa shape index (κ1) is 10.9. The summed E-state index contributed by atoms with van der Waals surface area (Å²) in [7, 11) is 1.47. The Labute approximate surface area is 72.2 Å². The molecule has 0 unspecified atom stereocenters. The number of carbonyl (C=O) groups excluding carboxylic acids is 2. The monoisotopic (exact) mass is 172 g/mol. The van der Waals surface area contributed by atoms with Gasteiger partial charge in [0.25, 0.3) is 0 Å². The van der Waals surface area contributed by atoms with E-state index in [9.17, 15) is 14.7 Å². The molecule has 0 spiro atoms. The van der Waals surface area contributed by atoms with E-state index in [0.29, 0.717) is 6.42 Å². The summed E-state index contributed by atoms with van der Waals surface area (Å²) < 4.78 is 0. The number of carboxylic acids is 1. The fraction of sp³-hybridized carbons (Fsp3) is 0.750. The van der Waals surface area contributed by atoms with Gasteiger partial charge >= 0.3 is 0 Å². The normalized spacial score (nSPS) is 9.50. The van der Waals surface area contributed by atoms with Crippen LogP contribution in [0.15, 0.2) is 0 Å². The molecule has 0 radical (unpaired) electrons. The molecular weight excluding hydrogens is 158 g/mol. The minimum Gasteiger partial charge on any atom is -0.548 e. The lowest BCUT2D eigenvalue weighted by Crippen LogP contribution is -2.39. The lowest BCUT2D eigenvalue weighted by molar-refractivity contribution is -0.305. The standard InChI is InChI=1S/C8H15NO3/c1-3-4-5-7(10)9(2)6-8(11)12/h3-6H2,1-2H3,(H,11,12)/p-1. The van der Waals surface area contributed by atoms with Crippen LogP contribution >= 0.6 is 0 Å². The first-order valence-corrected chi connectivity index (χ1v) is 4.01. The van der Waals surface area contributed by atoms with Crippen molar-refractivity contribution in [3.8, 4) is 0 Å². The molecule has 0 N–H and O–H groups in total. The van der Waals surface area contributed by atoms with E-state index in [1.807, 2.05) is 6.92 Å². The molecule has 4 heteroatoms. The van der Waals surface area contributed by atoms with Crippen molar-refractivity contribution < 1.29 is 14.7 Å². The molecule has 0 aliphatic rings. The van der Waals surface area contributed by atoms with Gasteiger partial charge in [0.1, 0.15) is 0 Å². The molecule has 0 aromatic rings. The quantitative estimate of drug-likeness (QED) is 0.555. The van der Waals surface area contributed by atoms with Crippen molar-refractivity contribution in [3.05, 3.63) is 0 Å². The summed E-state index contributed by atoms with van der Waals surface area (Å²) in [4.78, 5) is 22.3. The maximum atomic E-state index is 11.1. The molecule has 0 atom stereocenters. The molecule has 0 saturated heterocycles. The van der Waals surface area contributed by atoms with Gasteiger partial charge in [0.2, 0.25) is 5.91 Å². The molecule has 0 bridgehead atoms. The molecule has 0 heterocycles. The number of hydrogen-bond donors (Lipinski definition) is 0. The average Bonchev–Trinajstić information content (AvgIpc) is 1.98. The van der Waals surface area contributed by atoms with Crippen molar-refractivity contribution in [2.24, 2.45) is 0 Å². The van der Waals surface area contributed by atoms with E-state index in [-0.39, 0.29) is 12.5 Å². The number of amides is 1. The number of rotatable bonds is 5. The van der Waals surface area contributed by atoms with Gasteiger partial charge in [0, 0.05) is 13.5 Å². The van der Waals surface area contributed by atoms with Crippen LogP contribution in [0.5, 0.6) is 0 Å². The first-order chi connectivity index (χ1) is 5.57. The zero-order valence-corrected chi connectivity index (χ0v) is 7.50. The summed E-state index contributed by atoms with van der Waals surface area (Å²) in [5.74, 6) is -1.36. The third-order valence-electron chi connectivity index (χ3n) is 1.54. The number of carboxylic acid groups (broad SMARTS) is 1. The van der Waals surface area contributed by atoms with Crippen molar-refractivity contribution >= 4 is 11.9 Å².